The lowest BCUT2D eigenvalue weighted by atomic mass is 9.92. The van der Waals surface area contributed by atoms with Crippen LogP contribution in [0, 0.1) is 11.8 Å². The van der Waals surface area contributed by atoms with E-state index in [1.54, 1.807) is 0 Å². The smallest absolute Gasteiger partial charge is 0.308 e. The number of hydrogen-bond donors (Lipinski definition) is 2. The first-order chi connectivity index (χ1) is 6.29. The predicted molar refractivity (Wildman–Crippen MR) is 49.5 cm³/mol. The molecule has 0 spiro atoms. The Hall–Kier alpha value is -0.570. The van der Waals surface area contributed by atoms with Crippen LogP contribution in [0.1, 0.15) is 32.1 Å². The summed E-state index contributed by atoms with van der Waals surface area (Å²) in [5.74, 6) is -0.0829. The van der Waals surface area contributed by atoms with Crippen molar-refractivity contribution in [3.05, 3.63) is 0 Å². The van der Waals surface area contributed by atoms with E-state index in [-0.39, 0.29) is 12.0 Å². The molecule has 1 aliphatic heterocycles. The summed E-state index contributed by atoms with van der Waals surface area (Å²) in [4.78, 5) is 11.0. The van der Waals surface area contributed by atoms with Crippen molar-refractivity contribution in [3.8, 4) is 0 Å². The van der Waals surface area contributed by atoms with Gasteiger partial charge >= 0.3 is 5.97 Å². The van der Waals surface area contributed by atoms with E-state index in [2.05, 4.69) is 5.32 Å². The highest BCUT2D eigenvalue weighted by molar-refractivity contribution is 5.71. The lowest BCUT2D eigenvalue weighted by Crippen LogP contribution is -2.40. The molecule has 0 aromatic heterocycles. The highest BCUT2D eigenvalue weighted by atomic mass is 16.4. The van der Waals surface area contributed by atoms with Crippen LogP contribution in [0.5, 0.6) is 0 Å². The maximum absolute atomic E-state index is 11.0. The number of carboxylic acid groups (broad SMARTS) is 1. The number of aliphatic carboxylic acids is 1. The van der Waals surface area contributed by atoms with E-state index in [1.165, 1.54) is 12.8 Å². The molecule has 0 bridgehead atoms. The Morgan fingerprint density at radius 3 is 2.62 bits per heavy atom. The monoisotopic (exact) mass is 183 g/mol. The van der Waals surface area contributed by atoms with Gasteiger partial charge in [-0.25, -0.2) is 0 Å². The van der Waals surface area contributed by atoms with Crippen LogP contribution in [0.4, 0.5) is 0 Å². The average Bonchev–Trinajstić information content (AvgIpc) is 2.91. The SMILES string of the molecule is O=C(O)C1CCCCNC1C1CC1. The number of carboxylic acids is 1. The van der Waals surface area contributed by atoms with E-state index in [1.807, 2.05) is 0 Å². The third-order valence-electron chi connectivity index (χ3n) is 3.20. The fraction of sp³-hybridized carbons (Fsp3) is 0.900. The van der Waals surface area contributed by atoms with Crippen molar-refractivity contribution < 1.29 is 9.90 Å². The van der Waals surface area contributed by atoms with Crippen molar-refractivity contribution in [2.75, 3.05) is 6.54 Å². The molecule has 1 saturated carbocycles. The minimum atomic E-state index is -0.605. The second-order valence-electron chi connectivity index (χ2n) is 4.26. The molecular weight excluding hydrogens is 166 g/mol. The molecule has 2 fully saturated rings. The predicted octanol–water partition coefficient (Wildman–Crippen LogP) is 1.24. The summed E-state index contributed by atoms with van der Waals surface area (Å²) in [7, 11) is 0. The van der Waals surface area contributed by atoms with Crippen LogP contribution in [-0.2, 0) is 4.79 Å². The van der Waals surface area contributed by atoms with Gasteiger partial charge < -0.3 is 10.4 Å². The van der Waals surface area contributed by atoms with Gasteiger partial charge in [0.15, 0.2) is 0 Å². The number of nitrogens with one attached hydrogen (secondary N) is 1. The molecule has 3 nitrogen and oxygen atoms in total. The third kappa shape index (κ3) is 2.02. The van der Waals surface area contributed by atoms with E-state index in [0.29, 0.717) is 5.92 Å². The molecule has 0 aromatic carbocycles. The Labute approximate surface area is 78.5 Å². The summed E-state index contributed by atoms with van der Waals surface area (Å²) in [6.45, 7) is 1.00. The van der Waals surface area contributed by atoms with Crippen LogP contribution in [0.15, 0.2) is 0 Å². The van der Waals surface area contributed by atoms with Crippen LogP contribution >= 0.6 is 0 Å². The highest BCUT2D eigenvalue weighted by Gasteiger charge is 2.39. The van der Waals surface area contributed by atoms with Gasteiger partial charge in [0.05, 0.1) is 5.92 Å². The first kappa shape index (κ1) is 9.00. The maximum atomic E-state index is 11.0. The van der Waals surface area contributed by atoms with Gasteiger partial charge in [-0.05, 0) is 38.1 Å². The van der Waals surface area contributed by atoms with Crippen LogP contribution in [0.3, 0.4) is 0 Å². The van der Waals surface area contributed by atoms with E-state index >= 15 is 0 Å². The molecule has 0 amide bonds. The van der Waals surface area contributed by atoms with Crippen LogP contribution in [-0.4, -0.2) is 23.7 Å². The average molecular weight is 183 g/mol. The van der Waals surface area contributed by atoms with Gasteiger partial charge in [0, 0.05) is 6.04 Å². The first-order valence-electron chi connectivity index (χ1n) is 5.25. The zero-order valence-electron chi connectivity index (χ0n) is 7.83. The fourth-order valence-corrected chi connectivity index (χ4v) is 2.31. The lowest BCUT2D eigenvalue weighted by Gasteiger charge is -2.21. The Bertz CT molecular complexity index is 201. The standard InChI is InChI=1S/C10H17NO2/c12-10(13)8-3-1-2-6-11-9(8)7-4-5-7/h7-9,11H,1-6H2,(H,12,13). The van der Waals surface area contributed by atoms with Gasteiger partial charge in [-0.2, -0.15) is 0 Å². The summed E-state index contributed by atoms with van der Waals surface area (Å²) >= 11 is 0. The Kier molecular flexibility index (Phi) is 2.54. The summed E-state index contributed by atoms with van der Waals surface area (Å²) in [6.07, 6.45) is 5.51. The zero-order valence-corrected chi connectivity index (χ0v) is 7.83. The zero-order chi connectivity index (χ0) is 9.26. The Balaban J connectivity index is 2.03. The summed E-state index contributed by atoms with van der Waals surface area (Å²) in [5, 5.41) is 12.5. The van der Waals surface area contributed by atoms with Gasteiger partial charge in [-0.3, -0.25) is 4.79 Å². The van der Waals surface area contributed by atoms with E-state index in [0.717, 1.165) is 25.8 Å². The molecule has 13 heavy (non-hydrogen) atoms. The van der Waals surface area contributed by atoms with Gasteiger partial charge in [0.1, 0.15) is 0 Å². The largest absolute Gasteiger partial charge is 0.481 e. The summed E-state index contributed by atoms with van der Waals surface area (Å²) < 4.78 is 0. The molecule has 0 radical (unpaired) electrons. The minimum absolute atomic E-state index is 0.130. The summed E-state index contributed by atoms with van der Waals surface area (Å²) in [6, 6.07) is 0.264. The molecular formula is C10H17NO2. The molecule has 1 heterocycles. The number of carbonyl (C=O) groups is 1. The molecule has 3 heteroatoms. The fourth-order valence-electron chi connectivity index (χ4n) is 2.31. The van der Waals surface area contributed by atoms with Crippen molar-refractivity contribution in [2.24, 2.45) is 11.8 Å². The molecule has 2 rings (SSSR count). The molecule has 1 saturated heterocycles. The van der Waals surface area contributed by atoms with Crippen molar-refractivity contribution in [1.29, 1.82) is 0 Å². The highest BCUT2D eigenvalue weighted by Crippen LogP contribution is 2.38. The second kappa shape index (κ2) is 3.66. The van der Waals surface area contributed by atoms with Crippen LogP contribution < -0.4 is 5.32 Å². The van der Waals surface area contributed by atoms with Gasteiger partial charge in [-0.15, -0.1) is 0 Å². The Morgan fingerprint density at radius 2 is 2.00 bits per heavy atom. The van der Waals surface area contributed by atoms with E-state index in [9.17, 15) is 4.79 Å². The van der Waals surface area contributed by atoms with Gasteiger partial charge in [0.2, 0.25) is 0 Å². The van der Waals surface area contributed by atoms with Crippen molar-refractivity contribution in [2.45, 2.75) is 38.1 Å². The molecule has 1 aliphatic carbocycles. The molecule has 2 atom stereocenters. The maximum Gasteiger partial charge on any atom is 0.308 e. The quantitative estimate of drug-likeness (QED) is 0.677. The van der Waals surface area contributed by atoms with Crippen LogP contribution in [0.25, 0.3) is 0 Å². The lowest BCUT2D eigenvalue weighted by molar-refractivity contribution is -0.143. The normalized spacial score (nSPS) is 35.4. The minimum Gasteiger partial charge on any atom is -0.481 e. The van der Waals surface area contributed by atoms with E-state index < -0.39 is 5.97 Å². The first-order valence-corrected chi connectivity index (χ1v) is 5.25. The van der Waals surface area contributed by atoms with Gasteiger partial charge in [0.25, 0.3) is 0 Å². The Morgan fingerprint density at radius 1 is 1.23 bits per heavy atom. The van der Waals surface area contributed by atoms with Crippen molar-refractivity contribution >= 4 is 5.97 Å². The molecule has 74 valence electrons. The molecule has 2 aliphatic rings. The van der Waals surface area contributed by atoms with Gasteiger partial charge in [-0.1, -0.05) is 6.42 Å². The van der Waals surface area contributed by atoms with E-state index in [4.69, 9.17) is 5.11 Å². The molecule has 2 unspecified atom stereocenters. The second-order valence-corrected chi connectivity index (χ2v) is 4.26. The van der Waals surface area contributed by atoms with Crippen LogP contribution in [0.2, 0.25) is 0 Å². The number of hydrogen-bond acceptors (Lipinski definition) is 2. The number of rotatable bonds is 2. The topological polar surface area (TPSA) is 49.3 Å². The van der Waals surface area contributed by atoms with Crippen molar-refractivity contribution in [3.63, 3.8) is 0 Å². The third-order valence-corrected chi connectivity index (χ3v) is 3.20. The summed E-state index contributed by atoms with van der Waals surface area (Å²) in [5.41, 5.74) is 0. The molecule has 2 N–H and O–H groups in total. The van der Waals surface area contributed by atoms with Crippen molar-refractivity contribution in [1.82, 2.24) is 5.32 Å². The molecule has 0 aromatic rings.